The van der Waals surface area contributed by atoms with Crippen LogP contribution in [0.5, 0.6) is 0 Å². The van der Waals surface area contributed by atoms with Crippen LogP contribution in [-0.4, -0.2) is 10.2 Å². The van der Waals surface area contributed by atoms with Crippen LogP contribution in [0.4, 0.5) is 0 Å². The van der Waals surface area contributed by atoms with Crippen LogP contribution in [0.1, 0.15) is 43.4 Å². The fraction of sp³-hybridized carbons (Fsp3) is 0.429. The van der Waals surface area contributed by atoms with Gasteiger partial charge in [0.15, 0.2) is 0 Å². The van der Waals surface area contributed by atoms with Crippen molar-refractivity contribution in [1.29, 1.82) is 0 Å². The molecule has 1 heteroatoms. The number of benzene rings is 1. The van der Waals surface area contributed by atoms with Gasteiger partial charge in [-0.15, -0.1) is 0 Å². The first-order valence-electron chi connectivity index (χ1n) is 6.05. The average Bonchev–Trinajstić information content (AvgIpc) is 2.58. The second-order valence-electron chi connectivity index (χ2n) is 4.69. The minimum absolute atomic E-state index is 0.732. The number of allylic oxidation sites excluding steroid dienone is 2. The van der Waals surface area contributed by atoms with Crippen molar-refractivity contribution < 1.29 is 0 Å². The molecule has 0 aliphatic heterocycles. The van der Waals surface area contributed by atoms with Gasteiger partial charge in [0, 0.05) is 10.2 Å². The van der Waals surface area contributed by atoms with Crippen LogP contribution in [-0.2, 0) is 0 Å². The predicted octanol–water partition coefficient (Wildman–Crippen LogP) is 2.93. The van der Waals surface area contributed by atoms with Crippen LogP contribution < -0.4 is 0 Å². The van der Waals surface area contributed by atoms with Gasteiger partial charge in [0.05, 0.1) is 0 Å². The third kappa shape index (κ3) is 1.93. The second-order valence-corrected chi connectivity index (χ2v) is 5.93. The standard InChI is InChI=1S/C14H20Si/c1-3-6-10(2)13-9-14(15)12-8-5-4-7-11(12)13/h4-5,7-10,14H,3,6H2,1-2,15H3. The van der Waals surface area contributed by atoms with Gasteiger partial charge < -0.3 is 0 Å². The third-order valence-electron chi connectivity index (χ3n) is 3.44. The Balaban J connectivity index is 2.32. The van der Waals surface area contributed by atoms with E-state index in [2.05, 4.69) is 44.2 Å². The Hall–Kier alpha value is -0.823. The van der Waals surface area contributed by atoms with Crippen LogP contribution in [0.15, 0.2) is 30.3 Å². The number of hydrogen-bond acceptors (Lipinski definition) is 0. The van der Waals surface area contributed by atoms with Crippen molar-refractivity contribution in [2.24, 2.45) is 5.92 Å². The maximum Gasteiger partial charge on any atom is 0.0171 e. The van der Waals surface area contributed by atoms with E-state index in [0.717, 1.165) is 11.5 Å². The van der Waals surface area contributed by atoms with Crippen LogP contribution in [0.3, 0.4) is 0 Å². The molecule has 0 N–H and O–H groups in total. The molecule has 1 aromatic rings. The lowest BCUT2D eigenvalue weighted by Gasteiger charge is -2.13. The molecule has 2 rings (SSSR count). The molecule has 0 saturated carbocycles. The molecule has 0 bridgehead atoms. The summed E-state index contributed by atoms with van der Waals surface area (Å²) in [6.45, 7) is 4.64. The average molecular weight is 216 g/mol. The molecular weight excluding hydrogens is 196 g/mol. The highest BCUT2D eigenvalue weighted by Gasteiger charge is 2.22. The van der Waals surface area contributed by atoms with E-state index in [1.54, 1.807) is 11.1 Å². The Labute approximate surface area is 95.8 Å². The smallest absolute Gasteiger partial charge is 0.0171 e. The van der Waals surface area contributed by atoms with E-state index >= 15 is 0 Å². The summed E-state index contributed by atoms with van der Waals surface area (Å²) in [4.78, 5) is 0. The normalized spacial score (nSPS) is 21.2. The molecule has 0 aromatic heterocycles. The van der Waals surface area contributed by atoms with Crippen LogP contribution >= 0.6 is 0 Å². The van der Waals surface area contributed by atoms with Gasteiger partial charge in [0.25, 0.3) is 0 Å². The molecule has 0 fully saturated rings. The van der Waals surface area contributed by atoms with Gasteiger partial charge in [-0.2, -0.15) is 0 Å². The van der Waals surface area contributed by atoms with Gasteiger partial charge in [-0.1, -0.05) is 50.6 Å². The Morgan fingerprint density at radius 1 is 1.33 bits per heavy atom. The summed E-state index contributed by atoms with van der Waals surface area (Å²) in [5, 5.41) is 0. The minimum atomic E-state index is 0.732. The monoisotopic (exact) mass is 216 g/mol. The quantitative estimate of drug-likeness (QED) is 0.682. The Morgan fingerprint density at radius 2 is 2.07 bits per heavy atom. The number of hydrogen-bond donors (Lipinski definition) is 0. The van der Waals surface area contributed by atoms with E-state index < -0.39 is 0 Å². The summed E-state index contributed by atoms with van der Waals surface area (Å²) in [6.07, 6.45) is 5.11. The van der Waals surface area contributed by atoms with E-state index in [0.29, 0.717) is 0 Å². The molecular formula is C14H20Si. The molecule has 1 aromatic carbocycles. The molecule has 15 heavy (non-hydrogen) atoms. The van der Waals surface area contributed by atoms with Gasteiger partial charge in [0.1, 0.15) is 0 Å². The largest absolute Gasteiger partial charge is 0.0766 e. The zero-order chi connectivity index (χ0) is 10.8. The van der Waals surface area contributed by atoms with Gasteiger partial charge in [0.2, 0.25) is 0 Å². The van der Waals surface area contributed by atoms with E-state index in [9.17, 15) is 0 Å². The predicted molar refractivity (Wildman–Crippen MR) is 71.2 cm³/mol. The molecule has 0 saturated heterocycles. The first-order chi connectivity index (χ1) is 7.24. The van der Waals surface area contributed by atoms with E-state index in [1.807, 2.05) is 0 Å². The molecule has 0 amide bonds. The lowest BCUT2D eigenvalue weighted by atomic mass is 9.92. The molecule has 0 spiro atoms. The zero-order valence-electron chi connectivity index (χ0n) is 9.96. The molecule has 2 unspecified atom stereocenters. The first kappa shape index (κ1) is 10.7. The van der Waals surface area contributed by atoms with Crippen molar-refractivity contribution in [1.82, 2.24) is 0 Å². The summed E-state index contributed by atoms with van der Waals surface area (Å²) in [6, 6.07) is 8.94. The van der Waals surface area contributed by atoms with Crippen molar-refractivity contribution in [3.8, 4) is 0 Å². The van der Waals surface area contributed by atoms with Crippen LogP contribution in [0.25, 0.3) is 5.57 Å². The minimum Gasteiger partial charge on any atom is -0.0766 e. The highest BCUT2D eigenvalue weighted by Crippen LogP contribution is 2.39. The lowest BCUT2D eigenvalue weighted by molar-refractivity contribution is 0.650. The van der Waals surface area contributed by atoms with E-state index in [4.69, 9.17) is 0 Å². The fourth-order valence-electron chi connectivity index (χ4n) is 2.62. The molecule has 0 radical (unpaired) electrons. The summed E-state index contributed by atoms with van der Waals surface area (Å²) in [5.41, 5.74) is 5.45. The number of fused-ring (bicyclic) bond motifs is 1. The van der Waals surface area contributed by atoms with Crippen molar-refractivity contribution in [3.05, 3.63) is 41.5 Å². The first-order valence-corrected chi connectivity index (χ1v) is 7.20. The van der Waals surface area contributed by atoms with E-state index in [-0.39, 0.29) is 0 Å². The Morgan fingerprint density at radius 3 is 2.80 bits per heavy atom. The van der Waals surface area contributed by atoms with Crippen LogP contribution in [0, 0.1) is 5.92 Å². The van der Waals surface area contributed by atoms with Crippen LogP contribution in [0.2, 0.25) is 0 Å². The fourth-order valence-corrected chi connectivity index (χ4v) is 3.49. The van der Waals surface area contributed by atoms with Gasteiger partial charge in [-0.25, -0.2) is 0 Å². The van der Waals surface area contributed by atoms with Gasteiger partial charge >= 0.3 is 0 Å². The summed E-state index contributed by atoms with van der Waals surface area (Å²) >= 11 is 0. The highest BCUT2D eigenvalue weighted by atomic mass is 28.1. The summed E-state index contributed by atoms with van der Waals surface area (Å²) in [5.74, 6) is 0.732. The zero-order valence-corrected chi connectivity index (χ0v) is 12.0. The molecule has 0 nitrogen and oxygen atoms in total. The third-order valence-corrected chi connectivity index (χ3v) is 4.40. The molecule has 1 aliphatic rings. The summed E-state index contributed by atoms with van der Waals surface area (Å²) in [7, 11) is 1.24. The molecule has 1 aliphatic carbocycles. The van der Waals surface area contributed by atoms with Crippen molar-refractivity contribution in [2.45, 2.75) is 32.2 Å². The maximum atomic E-state index is 2.51. The maximum absolute atomic E-state index is 2.51. The second kappa shape index (κ2) is 4.36. The molecule has 80 valence electrons. The lowest BCUT2D eigenvalue weighted by Crippen LogP contribution is -1.96. The van der Waals surface area contributed by atoms with Crippen molar-refractivity contribution in [3.63, 3.8) is 0 Å². The molecule has 0 heterocycles. The van der Waals surface area contributed by atoms with Crippen molar-refractivity contribution >= 4 is 15.8 Å². The Bertz CT molecular complexity index is 379. The van der Waals surface area contributed by atoms with Gasteiger partial charge in [-0.3, -0.25) is 0 Å². The Kier molecular flexibility index (Phi) is 3.10. The number of rotatable bonds is 3. The van der Waals surface area contributed by atoms with E-state index in [1.165, 1.54) is 28.6 Å². The topological polar surface area (TPSA) is 0 Å². The molecule has 2 atom stereocenters. The SMILES string of the molecule is CCCC(C)C1=CC([SiH3])c2ccccc21. The van der Waals surface area contributed by atoms with Crippen molar-refractivity contribution in [2.75, 3.05) is 0 Å². The summed E-state index contributed by atoms with van der Waals surface area (Å²) < 4.78 is 0. The van der Waals surface area contributed by atoms with Gasteiger partial charge in [-0.05, 0) is 34.6 Å². The highest BCUT2D eigenvalue weighted by molar-refractivity contribution is 6.16.